The smallest absolute Gasteiger partial charge is 0.239 e. The fourth-order valence-corrected chi connectivity index (χ4v) is 2.42. The number of hydrogen-bond donors (Lipinski definition) is 2. The molecule has 0 saturated carbocycles. The molecule has 5 nitrogen and oxygen atoms in total. The topological polar surface area (TPSA) is 67.4 Å². The Morgan fingerprint density at radius 2 is 1.73 bits per heavy atom. The van der Waals surface area contributed by atoms with E-state index in [1.165, 1.54) is 0 Å². The fraction of sp³-hybridized carbons (Fsp3) is 0.333. The van der Waals surface area contributed by atoms with Gasteiger partial charge in [0.2, 0.25) is 11.8 Å². The third kappa shape index (κ3) is 5.09. The van der Waals surface area contributed by atoms with Gasteiger partial charge in [-0.15, -0.1) is 0 Å². The number of benzene rings is 2. The van der Waals surface area contributed by atoms with E-state index in [4.69, 9.17) is 4.74 Å². The lowest BCUT2D eigenvalue weighted by molar-refractivity contribution is -0.138. The summed E-state index contributed by atoms with van der Waals surface area (Å²) >= 11 is 0. The number of anilines is 1. The normalized spacial score (nSPS) is 10.9. The summed E-state index contributed by atoms with van der Waals surface area (Å²) in [5.41, 5.74) is 1.56. The molecule has 0 saturated heterocycles. The molecule has 26 heavy (non-hydrogen) atoms. The Labute approximate surface area is 154 Å². The summed E-state index contributed by atoms with van der Waals surface area (Å²) in [4.78, 5) is 25.1. The highest BCUT2D eigenvalue weighted by Crippen LogP contribution is 2.21. The quantitative estimate of drug-likeness (QED) is 0.746. The van der Waals surface area contributed by atoms with Crippen LogP contribution in [0.5, 0.6) is 5.75 Å². The highest BCUT2D eigenvalue weighted by atomic mass is 16.5. The Morgan fingerprint density at radius 1 is 1.04 bits per heavy atom. The van der Waals surface area contributed by atoms with Crippen LogP contribution in [0.15, 0.2) is 48.5 Å². The third-order valence-electron chi connectivity index (χ3n) is 4.09. The van der Waals surface area contributed by atoms with Crippen LogP contribution in [-0.2, 0) is 16.1 Å². The minimum atomic E-state index is -1.19. The van der Waals surface area contributed by atoms with Gasteiger partial charge in [0.05, 0.1) is 6.61 Å². The van der Waals surface area contributed by atoms with Crippen LogP contribution in [0.25, 0.3) is 0 Å². The molecule has 2 amide bonds. The molecule has 0 radical (unpaired) electrons. The van der Waals surface area contributed by atoms with Gasteiger partial charge in [-0.1, -0.05) is 29.8 Å². The summed E-state index contributed by atoms with van der Waals surface area (Å²) in [6.07, 6.45) is 0. The van der Waals surface area contributed by atoms with Gasteiger partial charge in [0.25, 0.3) is 0 Å². The average molecular weight is 354 g/mol. The lowest BCUT2D eigenvalue weighted by Crippen LogP contribution is -2.44. The minimum absolute atomic E-state index is 0.317. The van der Waals surface area contributed by atoms with Crippen molar-refractivity contribution in [2.24, 2.45) is 5.41 Å². The molecule has 0 fully saturated rings. The van der Waals surface area contributed by atoms with Crippen molar-refractivity contribution in [1.29, 1.82) is 0 Å². The highest BCUT2D eigenvalue weighted by Gasteiger charge is 2.35. The maximum atomic E-state index is 12.5. The molecule has 2 aromatic carbocycles. The molecule has 0 bridgehead atoms. The number of aryl methyl sites for hydroxylation is 1. The van der Waals surface area contributed by atoms with Crippen LogP contribution >= 0.6 is 0 Å². The van der Waals surface area contributed by atoms with Crippen molar-refractivity contribution in [1.82, 2.24) is 5.32 Å². The van der Waals surface area contributed by atoms with E-state index in [0.717, 1.165) is 16.9 Å². The molecule has 2 aromatic rings. The molecular formula is C21H26N2O3. The van der Waals surface area contributed by atoms with Gasteiger partial charge in [-0.3, -0.25) is 9.59 Å². The maximum Gasteiger partial charge on any atom is 0.239 e. The van der Waals surface area contributed by atoms with Crippen LogP contribution in [0, 0.1) is 12.3 Å². The number of carbonyl (C=O) groups is 2. The second kappa shape index (κ2) is 8.52. The van der Waals surface area contributed by atoms with Gasteiger partial charge in [-0.25, -0.2) is 0 Å². The van der Waals surface area contributed by atoms with Crippen molar-refractivity contribution in [3.05, 3.63) is 59.7 Å². The summed E-state index contributed by atoms with van der Waals surface area (Å²) < 4.78 is 5.38. The van der Waals surface area contributed by atoms with E-state index in [-0.39, 0.29) is 11.8 Å². The van der Waals surface area contributed by atoms with Gasteiger partial charge in [0.1, 0.15) is 11.2 Å². The van der Waals surface area contributed by atoms with Crippen LogP contribution < -0.4 is 15.4 Å². The predicted octanol–water partition coefficient (Wildman–Crippen LogP) is 3.67. The summed E-state index contributed by atoms with van der Waals surface area (Å²) in [6, 6.07) is 15.0. The van der Waals surface area contributed by atoms with Gasteiger partial charge in [-0.2, -0.15) is 0 Å². The maximum absolute atomic E-state index is 12.5. The van der Waals surface area contributed by atoms with Crippen molar-refractivity contribution in [2.45, 2.75) is 34.2 Å². The van der Waals surface area contributed by atoms with Crippen molar-refractivity contribution >= 4 is 17.5 Å². The Kier molecular flexibility index (Phi) is 6.39. The number of ether oxygens (including phenoxy) is 1. The van der Waals surface area contributed by atoms with E-state index in [2.05, 4.69) is 10.6 Å². The van der Waals surface area contributed by atoms with E-state index in [9.17, 15) is 9.59 Å². The third-order valence-corrected chi connectivity index (χ3v) is 4.09. The molecule has 0 aromatic heterocycles. The predicted molar refractivity (Wildman–Crippen MR) is 103 cm³/mol. The molecule has 0 spiro atoms. The first-order chi connectivity index (χ1) is 12.3. The van der Waals surface area contributed by atoms with Gasteiger partial charge in [0.15, 0.2) is 0 Å². The van der Waals surface area contributed by atoms with Crippen molar-refractivity contribution < 1.29 is 14.3 Å². The van der Waals surface area contributed by atoms with Gasteiger partial charge < -0.3 is 15.4 Å². The molecule has 0 heterocycles. The molecule has 0 aliphatic rings. The Bertz CT molecular complexity index is 767. The van der Waals surface area contributed by atoms with Gasteiger partial charge in [-0.05, 0) is 57.5 Å². The van der Waals surface area contributed by atoms with Crippen LogP contribution in [0.2, 0.25) is 0 Å². The first-order valence-electron chi connectivity index (χ1n) is 8.71. The molecule has 0 aliphatic heterocycles. The van der Waals surface area contributed by atoms with E-state index in [1.54, 1.807) is 38.1 Å². The summed E-state index contributed by atoms with van der Waals surface area (Å²) in [5, 5.41) is 5.62. The van der Waals surface area contributed by atoms with Crippen molar-refractivity contribution in [3.8, 4) is 5.75 Å². The Balaban J connectivity index is 1.96. The standard InChI is InChI=1S/C21H26N2O3/c1-5-26-18-11-9-17(10-12-18)23-20(25)21(3,4)19(24)22-14-16-8-6-7-15(2)13-16/h6-13H,5,14H2,1-4H3,(H,22,24)(H,23,25). The first-order valence-corrected chi connectivity index (χ1v) is 8.71. The molecule has 138 valence electrons. The number of nitrogens with one attached hydrogen (secondary N) is 2. The zero-order valence-electron chi connectivity index (χ0n) is 15.8. The summed E-state index contributed by atoms with van der Waals surface area (Å²) in [6.45, 7) is 8.11. The molecule has 5 heteroatoms. The van der Waals surface area contributed by atoms with E-state index in [0.29, 0.717) is 18.8 Å². The number of rotatable bonds is 7. The number of hydrogen-bond acceptors (Lipinski definition) is 3. The highest BCUT2D eigenvalue weighted by molar-refractivity contribution is 6.09. The number of carbonyl (C=O) groups excluding carboxylic acids is 2. The Hall–Kier alpha value is -2.82. The van der Waals surface area contributed by atoms with E-state index < -0.39 is 5.41 Å². The lowest BCUT2D eigenvalue weighted by atomic mass is 9.90. The zero-order chi connectivity index (χ0) is 19.2. The van der Waals surface area contributed by atoms with Crippen LogP contribution in [0.4, 0.5) is 5.69 Å². The lowest BCUT2D eigenvalue weighted by Gasteiger charge is -2.23. The van der Waals surface area contributed by atoms with Crippen LogP contribution in [0.3, 0.4) is 0 Å². The summed E-state index contributed by atoms with van der Waals surface area (Å²) in [5.74, 6) is 0.0616. The van der Waals surface area contributed by atoms with Crippen LogP contribution in [0.1, 0.15) is 31.9 Å². The second-order valence-corrected chi connectivity index (χ2v) is 6.71. The van der Waals surface area contributed by atoms with Crippen LogP contribution in [-0.4, -0.2) is 18.4 Å². The largest absolute Gasteiger partial charge is 0.494 e. The monoisotopic (exact) mass is 354 g/mol. The van der Waals surface area contributed by atoms with E-state index in [1.807, 2.05) is 38.1 Å². The van der Waals surface area contributed by atoms with Crippen molar-refractivity contribution in [2.75, 3.05) is 11.9 Å². The van der Waals surface area contributed by atoms with Crippen molar-refractivity contribution in [3.63, 3.8) is 0 Å². The van der Waals surface area contributed by atoms with Gasteiger partial charge >= 0.3 is 0 Å². The van der Waals surface area contributed by atoms with E-state index >= 15 is 0 Å². The molecule has 0 atom stereocenters. The summed E-state index contributed by atoms with van der Waals surface area (Å²) in [7, 11) is 0. The zero-order valence-corrected chi connectivity index (χ0v) is 15.8. The molecule has 2 N–H and O–H groups in total. The second-order valence-electron chi connectivity index (χ2n) is 6.71. The Morgan fingerprint density at radius 3 is 2.35 bits per heavy atom. The molecule has 0 unspecified atom stereocenters. The SMILES string of the molecule is CCOc1ccc(NC(=O)C(C)(C)C(=O)NCc2cccc(C)c2)cc1. The minimum Gasteiger partial charge on any atom is -0.494 e. The first kappa shape index (κ1) is 19.5. The molecule has 0 aliphatic carbocycles. The average Bonchev–Trinajstić information content (AvgIpc) is 2.61. The van der Waals surface area contributed by atoms with Gasteiger partial charge in [0, 0.05) is 12.2 Å². The fourth-order valence-electron chi connectivity index (χ4n) is 2.42. The molecular weight excluding hydrogens is 328 g/mol. The molecule has 2 rings (SSSR count). The number of amides is 2.